The molecule has 1 aromatic rings. The zero-order chi connectivity index (χ0) is 12.4. The van der Waals surface area contributed by atoms with Crippen molar-refractivity contribution in [1.29, 1.82) is 0 Å². The third-order valence-corrected chi connectivity index (χ3v) is 3.86. The normalized spacial score (nSPS) is 25.2. The number of ether oxygens (including phenoxy) is 1. The van der Waals surface area contributed by atoms with Crippen LogP contribution in [0.5, 0.6) is 0 Å². The molecule has 1 atom stereocenters. The number of benzene rings is 1. The molecular weight excluding hydrogens is 226 g/mol. The van der Waals surface area contributed by atoms with Crippen LogP contribution in [0.1, 0.15) is 12.8 Å². The summed E-state index contributed by atoms with van der Waals surface area (Å²) in [5.41, 5.74) is 7.20. The van der Waals surface area contributed by atoms with E-state index < -0.39 is 0 Å². The van der Waals surface area contributed by atoms with E-state index in [0.29, 0.717) is 17.9 Å². The predicted octanol–water partition coefficient (Wildman–Crippen LogP) is 1.62. The van der Waals surface area contributed by atoms with Gasteiger partial charge >= 0.3 is 0 Å². The quantitative estimate of drug-likeness (QED) is 0.861. The number of hydrogen-bond donors (Lipinski definition) is 1. The lowest BCUT2D eigenvalue weighted by molar-refractivity contribution is 0.0603. The SMILES string of the molecule is NC1=NCC(C2CCOCC2)N1c1ccccc1. The zero-order valence-electron chi connectivity index (χ0n) is 10.5. The standard InChI is InChI=1S/C14H19N3O/c15-14-16-10-13(11-6-8-18-9-7-11)17(14)12-4-2-1-3-5-12/h1-5,11,13H,6-10H2,(H2,15,16). The molecule has 0 aliphatic carbocycles. The maximum atomic E-state index is 6.05. The molecule has 0 amide bonds. The number of aliphatic imine (C=N–C) groups is 1. The van der Waals surface area contributed by atoms with Crippen molar-refractivity contribution in [3.8, 4) is 0 Å². The maximum Gasteiger partial charge on any atom is 0.196 e. The lowest BCUT2D eigenvalue weighted by Crippen LogP contribution is -2.46. The van der Waals surface area contributed by atoms with Crippen molar-refractivity contribution in [2.24, 2.45) is 16.6 Å². The summed E-state index contributed by atoms with van der Waals surface area (Å²) in [5.74, 6) is 1.28. The van der Waals surface area contributed by atoms with Crippen molar-refractivity contribution in [3.05, 3.63) is 30.3 Å². The van der Waals surface area contributed by atoms with Crippen LogP contribution in [0.25, 0.3) is 0 Å². The molecule has 1 unspecified atom stereocenters. The molecule has 4 nitrogen and oxygen atoms in total. The van der Waals surface area contributed by atoms with E-state index in [9.17, 15) is 0 Å². The van der Waals surface area contributed by atoms with E-state index in [0.717, 1.165) is 38.3 Å². The minimum atomic E-state index is 0.399. The topological polar surface area (TPSA) is 50.9 Å². The number of rotatable bonds is 2. The van der Waals surface area contributed by atoms with Gasteiger partial charge in [0.25, 0.3) is 0 Å². The minimum Gasteiger partial charge on any atom is -0.381 e. The predicted molar refractivity (Wildman–Crippen MR) is 72.7 cm³/mol. The van der Waals surface area contributed by atoms with Crippen molar-refractivity contribution >= 4 is 11.6 Å². The Labute approximate surface area is 107 Å². The number of guanidine groups is 1. The summed E-state index contributed by atoms with van der Waals surface area (Å²) in [5, 5.41) is 0. The number of nitrogens with zero attached hydrogens (tertiary/aromatic N) is 2. The number of hydrogen-bond acceptors (Lipinski definition) is 4. The van der Waals surface area contributed by atoms with Gasteiger partial charge < -0.3 is 15.4 Å². The van der Waals surface area contributed by atoms with E-state index in [4.69, 9.17) is 10.5 Å². The van der Waals surface area contributed by atoms with E-state index in [1.165, 1.54) is 0 Å². The smallest absolute Gasteiger partial charge is 0.196 e. The van der Waals surface area contributed by atoms with Crippen LogP contribution in [0.4, 0.5) is 5.69 Å². The molecule has 0 saturated carbocycles. The van der Waals surface area contributed by atoms with Gasteiger partial charge in [0.2, 0.25) is 0 Å². The molecule has 4 heteroatoms. The molecule has 2 heterocycles. The Morgan fingerprint density at radius 3 is 2.61 bits per heavy atom. The first kappa shape index (κ1) is 11.5. The maximum absolute atomic E-state index is 6.05. The Morgan fingerprint density at radius 1 is 1.17 bits per heavy atom. The second-order valence-electron chi connectivity index (χ2n) is 4.92. The van der Waals surface area contributed by atoms with Crippen molar-refractivity contribution in [3.63, 3.8) is 0 Å². The third kappa shape index (κ3) is 2.08. The minimum absolute atomic E-state index is 0.399. The average molecular weight is 245 g/mol. The highest BCUT2D eigenvalue weighted by molar-refractivity contribution is 5.97. The molecule has 96 valence electrons. The summed E-state index contributed by atoms with van der Waals surface area (Å²) < 4.78 is 5.44. The Bertz CT molecular complexity index is 426. The number of nitrogens with two attached hydrogens (primary N) is 1. The van der Waals surface area contributed by atoms with Gasteiger partial charge in [0.15, 0.2) is 5.96 Å². The Kier molecular flexibility index (Phi) is 3.19. The van der Waals surface area contributed by atoms with Gasteiger partial charge in [-0.3, -0.25) is 4.99 Å². The molecule has 2 aliphatic rings. The first-order chi connectivity index (χ1) is 8.86. The second kappa shape index (κ2) is 4.98. The zero-order valence-corrected chi connectivity index (χ0v) is 10.5. The van der Waals surface area contributed by atoms with E-state index in [1.54, 1.807) is 0 Å². The van der Waals surface area contributed by atoms with Crippen LogP contribution in [0.3, 0.4) is 0 Å². The highest BCUT2D eigenvalue weighted by Gasteiger charge is 2.34. The van der Waals surface area contributed by atoms with Gasteiger partial charge in [0.05, 0.1) is 12.6 Å². The molecule has 3 rings (SSSR count). The molecule has 0 radical (unpaired) electrons. The van der Waals surface area contributed by atoms with Gasteiger partial charge in [-0.2, -0.15) is 0 Å². The monoisotopic (exact) mass is 245 g/mol. The number of anilines is 1. The fourth-order valence-corrected chi connectivity index (χ4v) is 2.89. The summed E-state index contributed by atoms with van der Waals surface area (Å²) >= 11 is 0. The van der Waals surface area contributed by atoms with Crippen LogP contribution in [0.15, 0.2) is 35.3 Å². The molecule has 2 N–H and O–H groups in total. The van der Waals surface area contributed by atoms with E-state index in [2.05, 4.69) is 22.0 Å². The summed E-state index contributed by atoms with van der Waals surface area (Å²) in [7, 11) is 0. The van der Waals surface area contributed by atoms with Gasteiger partial charge in [0, 0.05) is 18.9 Å². The summed E-state index contributed by atoms with van der Waals surface area (Å²) in [6, 6.07) is 10.7. The molecule has 2 aliphatic heterocycles. The Hall–Kier alpha value is -1.55. The largest absolute Gasteiger partial charge is 0.381 e. The van der Waals surface area contributed by atoms with Crippen LogP contribution in [0, 0.1) is 5.92 Å². The Morgan fingerprint density at radius 2 is 1.89 bits per heavy atom. The van der Waals surface area contributed by atoms with Crippen molar-refractivity contribution in [1.82, 2.24) is 0 Å². The highest BCUT2D eigenvalue weighted by Crippen LogP contribution is 2.29. The number of para-hydroxylation sites is 1. The first-order valence-corrected chi connectivity index (χ1v) is 6.58. The fraction of sp³-hybridized carbons (Fsp3) is 0.500. The van der Waals surface area contributed by atoms with E-state index >= 15 is 0 Å². The van der Waals surface area contributed by atoms with Crippen LogP contribution in [0.2, 0.25) is 0 Å². The van der Waals surface area contributed by atoms with Gasteiger partial charge in [-0.05, 0) is 30.9 Å². The van der Waals surface area contributed by atoms with Crippen LogP contribution >= 0.6 is 0 Å². The lowest BCUT2D eigenvalue weighted by atomic mass is 9.91. The Balaban J connectivity index is 1.82. The first-order valence-electron chi connectivity index (χ1n) is 6.58. The van der Waals surface area contributed by atoms with Gasteiger partial charge in [-0.1, -0.05) is 18.2 Å². The van der Waals surface area contributed by atoms with Gasteiger partial charge in [-0.25, -0.2) is 0 Å². The van der Waals surface area contributed by atoms with Crippen molar-refractivity contribution < 1.29 is 4.74 Å². The molecule has 1 fully saturated rings. The molecular formula is C14H19N3O. The molecule has 0 bridgehead atoms. The van der Waals surface area contributed by atoms with Crippen molar-refractivity contribution in [2.45, 2.75) is 18.9 Å². The van der Waals surface area contributed by atoms with E-state index in [-0.39, 0.29) is 0 Å². The summed E-state index contributed by atoms with van der Waals surface area (Å²) in [6.45, 7) is 2.54. The van der Waals surface area contributed by atoms with Crippen LogP contribution in [-0.2, 0) is 4.74 Å². The van der Waals surface area contributed by atoms with E-state index in [1.807, 2.05) is 18.2 Å². The highest BCUT2D eigenvalue weighted by atomic mass is 16.5. The molecule has 18 heavy (non-hydrogen) atoms. The summed E-state index contributed by atoms with van der Waals surface area (Å²) in [4.78, 5) is 6.62. The van der Waals surface area contributed by atoms with Crippen LogP contribution < -0.4 is 10.6 Å². The molecule has 1 saturated heterocycles. The lowest BCUT2D eigenvalue weighted by Gasteiger charge is -2.34. The van der Waals surface area contributed by atoms with Gasteiger partial charge in [0.1, 0.15) is 0 Å². The summed E-state index contributed by atoms with van der Waals surface area (Å²) in [6.07, 6.45) is 2.22. The second-order valence-corrected chi connectivity index (χ2v) is 4.92. The molecule has 0 spiro atoms. The molecule has 1 aromatic carbocycles. The fourth-order valence-electron chi connectivity index (χ4n) is 2.89. The van der Waals surface area contributed by atoms with Gasteiger partial charge in [-0.15, -0.1) is 0 Å². The average Bonchev–Trinajstić information content (AvgIpc) is 2.83. The molecule has 0 aromatic heterocycles. The van der Waals surface area contributed by atoms with Crippen LogP contribution in [-0.4, -0.2) is 31.8 Å². The van der Waals surface area contributed by atoms with Crippen molar-refractivity contribution in [2.75, 3.05) is 24.7 Å². The third-order valence-electron chi connectivity index (χ3n) is 3.86.